The van der Waals surface area contributed by atoms with Crippen LogP contribution >= 0.6 is 0 Å². The number of nitrogens with zero attached hydrogens (tertiary/aromatic N) is 3. The Labute approximate surface area is 180 Å². The van der Waals surface area contributed by atoms with Crippen LogP contribution in [0.25, 0.3) is 0 Å². The minimum atomic E-state index is -0.175. The Hall–Kier alpha value is -3.65. The van der Waals surface area contributed by atoms with E-state index < -0.39 is 0 Å². The van der Waals surface area contributed by atoms with Gasteiger partial charge in [-0.05, 0) is 30.3 Å². The van der Waals surface area contributed by atoms with Crippen molar-refractivity contribution in [3.63, 3.8) is 0 Å². The van der Waals surface area contributed by atoms with E-state index >= 15 is 0 Å². The molecule has 1 amide bonds. The Morgan fingerprint density at radius 3 is 2.58 bits per heavy atom. The van der Waals surface area contributed by atoms with E-state index in [0.717, 1.165) is 24.4 Å². The van der Waals surface area contributed by atoms with Crippen LogP contribution in [-0.4, -0.2) is 49.3 Å². The molecule has 1 aliphatic heterocycles. The second-order valence-corrected chi connectivity index (χ2v) is 6.91. The van der Waals surface area contributed by atoms with Gasteiger partial charge >= 0.3 is 0 Å². The van der Waals surface area contributed by atoms with Gasteiger partial charge in [-0.25, -0.2) is 9.97 Å². The first-order chi connectivity index (χ1) is 15.2. The predicted molar refractivity (Wildman–Crippen MR) is 116 cm³/mol. The van der Waals surface area contributed by atoms with Gasteiger partial charge in [0.1, 0.15) is 11.5 Å². The summed E-state index contributed by atoms with van der Waals surface area (Å²) >= 11 is 0. The van der Waals surface area contributed by atoms with Gasteiger partial charge in [0.15, 0.2) is 5.82 Å². The number of methoxy groups -OCH3 is 1. The van der Waals surface area contributed by atoms with Crippen LogP contribution < -0.4 is 19.7 Å². The summed E-state index contributed by atoms with van der Waals surface area (Å²) in [5.41, 5.74) is 1.45. The lowest BCUT2D eigenvalue weighted by Gasteiger charge is -2.28. The van der Waals surface area contributed by atoms with Gasteiger partial charge in [0.25, 0.3) is 11.8 Å². The summed E-state index contributed by atoms with van der Waals surface area (Å²) in [5, 5.41) is 2.91. The summed E-state index contributed by atoms with van der Waals surface area (Å²) in [6.45, 7) is 3.15. The monoisotopic (exact) mass is 420 g/mol. The Kier molecular flexibility index (Phi) is 6.59. The van der Waals surface area contributed by atoms with Crippen LogP contribution in [0.4, 0.5) is 5.82 Å². The molecule has 8 heteroatoms. The fourth-order valence-corrected chi connectivity index (χ4v) is 3.29. The average Bonchev–Trinajstić information content (AvgIpc) is 2.84. The predicted octanol–water partition coefficient (Wildman–Crippen LogP) is 3.04. The van der Waals surface area contributed by atoms with Gasteiger partial charge < -0.3 is 24.4 Å². The molecule has 4 rings (SSSR count). The number of rotatable bonds is 7. The van der Waals surface area contributed by atoms with Crippen LogP contribution in [0.1, 0.15) is 15.9 Å². The highest BCUT2D eigenvalue weighted by Gasteiger charge is 2.18. The number of para-hydroxylation sites is 1. The SMILES string of the molecule is COc1ccccc1CNC(=O)c1ccc(Oc2nccnc2N2CCOCC2)cc1. The number of hydrogen-bond donors (Lipinski definition) is 1. The van der Waals surface area contributed by atoms with E-state index in [-0.39, 0.29) is 5.91 Å². The fraction of sp³-hybridized carbons (Fsp3) is 0.261. The number of carbonyl (C=O) groups excluding carboxylic acids is 1. The van der Waals surface area contributed by atoms with Crippen LogP contribution in [0.3, 0.4) is 0 Å². The standard InChI is InChI=1S/C23H24N4O4/c1-29-20-5-3-2-4-18(20)16-26-22(28)17-6-8-19(9-7-17)31-23-21(24-10-11-25-23)27-12-14-30-15-13-27/h2-11H,12-16H2,1H3,(H,26,28). The second-order valence-electron chi connectivity index (χ2n) is 6.91. The largest absolute Gasteiger partial charge is 0.496 e. The lowest BCUT2D eigenvalue weighted by atomic mass is 10.1. The lowest BCUT2D eigenvalue weighted by Crippen LogP contribution is -2.37. The molecule has 1 fully saturated rings. The van der Waals surface area contributed by atoms with Crippen molar-refractivity contribution < 1.29 is 19.0 Å². The third-order valence-electron chi connectivity index (χ3n) is 4.92. The number of ether oxygens (including phenoxy) is 3. The maximum Gasteiger partial charge on any atom is 0.263 e. The van der Waals surface area contributed by atoms with Gasteiger partial charge in [0.05, 0.1) is 20.3 Å². The average molecular weight is 420 g/mol. The van der Waals surface area contributed by atoms with Crippen LogP contribution in [0.5, 0.6) is 17.4 Å². The third kappa shape index (κ3) is 5.10. The topological polar surface area (TPSA) is 85.8 Å². The van der Waals surface area contributed by atoms with Crippen molar-refractivity contribution in [3.05, 3.63) is 72.1 Å². The summed E-state index contributed by atoms with van der Waals surface area (Å²) < 4.78 is 16.7. The number of amides is 1. The smallest absolute Gasteiger partial charge is 0.263 e. The Morgan fingerprint density at radius 2 is 1.81 bits per heavy atom. The molecule has 0 unspecified atom stereocenters. The third-order valence-corrected chi connectivity index (χ3v) is 4.92. The zero-order valence-electron chi connectivity index (χ0n) is 17.3. The number of aromatic nitrogens is 2. The molecule has 8 nitrogen and oxygen atoms in total. The first kappa shape index (κ1) is 20.6. The van der Waals surface area contributed by atoms with E-state index in [1.165, 1.54) is 0 Å². The molecule has 0 aliphatic carbocycles. The molecule has 1 N–H and O–H groups in total. The summed E-state index contributed by atoms with van der Waals surface area (Å²) in [5.74, 6) is 2.26. The quantitative estimate of drug-likeness (QED) is 0.629. The van der Waals surface area contributed by atoms with E-state index in [0.29, 0.717) is 42.8 Å². The molecule has 0 bridgehead atoms. The molecule has 1 aliphatic rings. The highest BCUT2D eigenvalue weighted by atomic mass is 16.5. The van der Waals surface area contributed by atoms with Gasteiger partial charge in [0.2, 0.25) is 0 Å². The molecule has 0 atom stereocenters. The van der Waals surface area contributed by atoms with Crippen molar-refractivity contribution in [3.8, 4) is 17.4 Å². The van der Waals surface area contributed by atoms with Gasteiger partial charge in [-0.3, -0.25) is 4.79 Å². The maximum atomic E-state index is 12.5. The summed E-state index contributed by atoms with van der Waals surface area (Å²) in [7, 11) is 1.61. The molecule has 1 aromatic heterocycles. The molecule has 160 valence electrons. The minimum absolute atomic E-state index is 0.175. The summed E-state index contributed by atoms with van der Waals surface area (Å²) in [6.07, 6.45) is 3.24. The Morgan fingerprint density at radius 1 is 1.06 bits per heavy atom. The molecule has 0 radical (unpaired) electrons. The van der Waals surface area contributed by atoms with Crippen molar-refractivity contribution in [1.29, 1.82) is 0 Å². The molecule has 0 saturated carbocycles. The first-order valence-corrected chi connectivity index (χ1v) is 10.1. The zero-order chi connectivity index (χ0) is 21.5. The normalized spacial score (nSPS) is 13.5. The molecule has 2 aromatic carbocycles. The van der Waals surface area contributed by atoms with E-state index in [1.54, 1.807) is 43.8 Å². The van der Waals surface area contributed by atoms with Crippen molar-refractivity contribution >= 4 is 11.7 Å². The summed E-state index contributed by atoms with van der Waals surface area (Å²) in [6, 6.07) is 14.5. The number of carbonyl (C=O) groups is 1. The Balaban J connectivity index is 1.40. The molecular formula is C23H24N4O4. The van der Waals surface area contributed by atoms with Gasteiger partial charge in [-0.2, -0.15) is 0 Å². The van der Waals surface area contributed by atoms with Crippen LogP contribution in [0, 0.1) is 0 Å². The van der Waals surface area contributed by atoms with Crippen LogP contribution in [-0.2, 0) is 11.3 Å². The van der Waals surface area contributed by atoms with E-state index in [4.69, 9.17) is 14.2 Å². The lowest BCUT2D eigenvalue weighted by molar-refractivity contribution is 0.0950. The summed E-state index contributed by atoms with van der Waals surface area (Å²) in [4.78, 5) is 23.4. The Bertz CT molecular complexity index is 1020. The highest BCUT2D eigenvalue weighted by molar-refractivity contribution is 5.94. The number of anilines is 1. The van der Waals surface area contributed by atoms with Crippen molar-refractivity contribution in [2.45, 2.75) is 6.54 Å². The number of morpholine rings is 1. The van der Waals surface area contributed by atoms with E-state index in [1.807, 2.05) is 24.3 Å². The van der Waals surface area contributed by atoms with Gasteiger partial charge in [-0.1, -0.05) is 18.2 Å². The van der Waals surface area contributed by atoms with Gasteiger partial charge in [0, 0.05) is 43.2 Å². The maximum absolute atomic E-state index is 12.5. The van der Waals surface area contributed by atoms with Gasteiger partial charge in [-0.15, -0.1) is 0 Å². The number of benzene rings is 2. The van der Waals surface area contributed by atoms with Crippen LogP contribution in [0.2, 0.25) is 0 Å². The first-order valence-electron chi connectivity index (χ1n) is 10.1. The van der Waals surface area contributed by atoms with Crippen molar-refractivity contribution in [1.82, 2.24) is 15.3 Å². The zero-order valence-corrected chi connectivity index (χ0v) is 17.3. The van der Waals surface area contributed by atoms with E-state index in [2.05, 4.69) is 20.2 Å². The van der Waals surface area contributed by atoms with Crippen LogP contribution in [0.15, 0.2) is 60.9 Å². The van der Waals surface area contributed by atoms with Crippen molar-refractivity contribution in [2.24, 2.45) is 0 Å². The number of hydrogen-bond acceptors (Lipinski definition) is 7. The highest BCUT2D eigenvalue weighted by Crippen LogP contribution is 2.28. The number of nitrogens with one attached hydrogen (secondary N) is 1. The van der Waals surface area contributed by atoms with Crippen molar-refractivity contribution in [2.75, 3.05) is 38.3 Å². The molecule has 2 heterocycles. The molecular weight excluding hydrogens is 396 g/mol. The second kappa shape index (κ2) is 9.90. The molecule has 31 heavy (non-hydrogen) atoms. The molecule has 1 saturated heterocycles. The van der Waals surface area contributed by atoms with E-state index in [9.17, 15) is 4.79 Å². The molecule has 3 aromatic rings. The minimum Gasteiger partial charge on any atom is -0.496 e. The molecule has 0 spiro atoms. The fourth-order valence-electron chi connectivity index (χ4n) is 3.29.